The van der Waals surface area contributed by atoms with Crippen molar-refractivity contribution < 1.29 is 9.47 Å². The first-order valence-corrected chi connectivity index (χ1v) is 5.93. The first-order chi connectivity index (χ1) is 7.75. The van der Waals surface area contributed by atoms with Crippen LogP contribution in [-0.4, -0.2) is 19.3 Å². The predicted molar refractivity (Wildman–Crippen MR) is 65.0 cm³/mol. The zero-order valence-corrected chi connectivity index (χ0v) is 9.87. The third-order valence-electron chi connectivity index (χ3n) is 2.68. The summed E-state index contributed by atoms with van der Waals surface area (Å²) in [5.74, 6) is 0.652. The largest absolute Gasteiger partial charge is 0.492 e. The molecule has 0 amide bonds. The molecule has 88 valence electrons. The minimum absolute atomic E-state index is 0.347. The molecule has 1 unspecified atom stereocenters. The molecule has 0 saturated carbocycles. The maximum atomic E-state index is 5.98. The van der Waals surface area contributed by atoms with Gasteiger partial charge >= 0.3 is 0 Å². The molecule has 1 aromatic carbocycles. The lowest BCUT2D eigenvalue weighted by Crippen LogP contribution is -2.10. The molecule has 1 atom stereocenters. The normalized spacial score (nSPS) is 19.9. The molecule has 0 radical (unpaired) electrons. The molecule has 0 bridgehead atoms. The van der Waals surface area contributed by atoms with Crippen LogP contribution in [0.5, 0.6) is 5.75 Å². The third-order valence-corrected chi connectivity index (χ3v) is 2.99. The van der Waals surface area contributed by atoms with Crippen molar-refractivity contribution in [3.63, 3.8) is 0 Å². The van der Waals surface area contributed by atoms with Crippen LogP contribution in [-0.2, 0) is 4.74 Å². The Bertz CT molecular complexity index is 351. The maximum absolute atomic E-state index is 5.98. The Labute approximate surface area is 100 Å². The lowest BCUT2D eigenvalue weighted by molar-refractivity contribution is 0.0904. The summed E-state index contributed by atoms with van der Waals surface area (Å²) in [6.07, 6.45) is 3.54. The van der Waals surface area contributed by atoms with E-state index in [9.17, 15) is 0 Å². The van der Waals surface area contributed by atoms with E-state index in [1.54, 1.807) is 18.2 Å². The molecule has 1 aromatic rings. The van der Waals surface area contributed by atoms with Crippen LogP contribution >= 0.6 is 11.6 Å². The molecule has 1 saturated heterocycles. The van der Waals surface area contributed by atoms with E-state index in [1.807, 2.05) is 0 Å². The van der Waals surface area contributed by atoms with E-state index in [-0.39, 0.29) is 0 Å². The van der Waals surface area contributed by atoms with Gasteiger partial charge in [0.25, 0.3) is 0 Å². The molecular weight excluding hydrogens is 226 g/mol. The van der Waals surface area contributed by atoms with E-state index in [0.29, 0.717) is 29.2 Å². The van der Waals surface area contributed by atoms with Crippen LogP contribution < -0.4 is 10.5 Å². The molecule has 2 N–H and O–H groups in total. The third kappa shape index (κ3) is 3.03. The highest BCUT2D eigenvalue weighted by molar-refractivity contribution is 6.32. The Hall–Kier alpha value is -0.930. The summed E-state index contributed by atoms with van der Waals surface area (Å²) in [6.45, 7) is 1.50. The topological polar surface area (TPSA) is 44.5 Å². The fourth-order valence-electron chi connectivity index (χ4n) is 1.80. The quantitative estimate of drug-likeness (QED) is 0.825. The van der Waals surface area contributed by atoms with Gasteiger partial charge in [-0.15, -0.1) is 0 Å². The lowest BCUT2D eigenvalue weighted by Gasteiger charge is -2.11. The highest BCUT2D eigenvalue weighted by Crippen LogP contribution is 2.27. The minimum atomic E-state index is 0.347. The minimum Gasteiger partial charge on any atom is -0.492 e. The molecule has 16 heavy (non-hydrogen) atoms. The van der Waals surface area contributed by atoms with Crippen LogP contribution in [0, 0.1) is 0 Å². The van der Waals surface area contributed by atoms with Crippen molar-refractivity contribution in [1.29, 1.82) is 0 Å². The van der Waals surface area contributed by atoms with Gasteiger partial charge < -0.3 is 15.2 Å². The van der Waals surface area contributed by atoms with Crippen LogP contribution in [0.3, 0.4) is 0 Å². The summed E-state index contributed by atoms with van der Waals surface area (Å²) >= 11 is 5.98. The van der Waals surface area contributed by atoms with Gasteiger partial charge in [-0.1, -0.05) is 11.6 Å². The smallest absolute Gasteiger partial charge is 0.139 e. The molecule has 0 spiro atoms. The second kappa shape index (κ2) is 5.41. The molecule has 1 aliphatic rings. The number of benzene rings is 1. The van der Waals surface area contributed by atoms with Gasteiger partial charge in [0, 0.05) is 24.8 Å². The van der Waals surface area contributed by atoms with Crippen molar-refractivity contribution in [3.8, 4) is 5.75 Å². The first-order valence-electron chi connectivity index (χ1n) is 5.55. The van der Waals surface area contributed by atoms with Gasteiger partial charge in [-0.3, -0.25) is 0 Å². The number of nitrogen functional groups attached to an aromatic ring is 1. The lowest BCUT2D eigenvalue weighted by atomic mass is 10.2. The van der Waals surface area contributed by atoms with E-state index >= 15 is 0 Å². The van der Waals surface area contributed by atoms with E-state index in [2.05, 4.69) is 0 Å². The maximum Gasteiger partial charge on any atom is 0.139 e. The van der Waals surface area contributed by atoms with Crippen molar-refractivity contribution in [1.82, 2.24) is 0 Å². The van der Waals surface area contributed by atoms with E-state index in [4.69, 9.17) is 26.8 Å². The monoisotopic (exact) mass is 241 g/mol. The molecule has 2 rings (SSSR count). The Morgan fingerprint density at radius 1 is 1.50 bits per heavy atom. The summed E-state index contributed by atoms with van der Waals surface area (Å²) < 4.78 is 11.1. The van der Waals surface area contributed by atoms with Gasteiger partial charge in [0.05, 0.1) is 17.7 Å². The second-order valence-corrected chi connectivity index (χ2v) is 4.37. The van der Waals surface area contributed by atoms with Crippen LogP contribution in [0.2, 0.25) is 5.02 Å². The first kappa shape index (κ1) is 11.6. The summed E-state index contributed by atoms with van der Waals surface area (Å²) in [5.41, 5.74) is 6.32. The number of halogens is 1. The number of anilines is 1. The van der Waals surface area contributed by atoms with Crippen molar-refractivity contribution in [3.05, 3.63) is 23.2 Å². The highest BCUT2D eigenvalue weighted by atomic mass is 35.5. The molecule has 4 heteroatoms. The Balaban J connectivity index is 1.82. The second-order valence-electron chi connectivity index (χ2n) is 3.96. The van der Waals surface area contributed by atoms with Crippen LogP contribution in [0.15, 0.2) is 18.2 Å². The fraction of sp³-hybridized carbons (Fsp3) is 0.500. The van der Waals surface area contributed by atoms with Gasteiger partial charge in [-0.2, -0.15) is 0 Å². The Morgan fingerprint density at radius 3 is 3.12 bits per heavy atom. The average Bonchev–Trinajstić information content (AvgIpc) is 2.76. The van der Waals surface area contributed by atoms with Crippen molar-refractivity contribution in [2.24, 2.45) is 0 Å². The van der Waals surface area contributed by atoms with Gasteiger partial charge in [0.15, 0.2) is 0 Å². The molecule has 3 nitrogen and oxygen atoms in total. The Morgan fingerprint density at radius 2 is 2.38 bits per heavy atom. The summed E-state index contributed by atoms with van der Waals surface area (Å²) in [4.78, 5) is 0. The predicted octanol–water partition coefficient (Wildman–Crippen LogP) is 2.87. The summed E-state index contributed by atoms with van der Waals surface area (Å²) in [7, 11) is 0. The highest BCUT2D eigenvalue weighted by Gasteiger charge is 2.15. The number of rotatable bonds is 4. The van der Waals surface area contributed by atoms with Gasteiger partial charge in [0.2, 0.25) is 0 Å². The molecule has 1 aliphatic heterocycles. The van der Waals surface area contributed by atoms with Crippen molar-refractivity contribution in [2.75, 3.05) is 18.9 Å². The molecule has 0 aromatic heterocycles. The van der Waals surface area contributed by atoms with Gasteiger partial charge in [0.1, 0.15) is 5.75 Å². The summed E-state index contributed by atoms with van der Waals surface area (Å²) in [6, 6.07) is 5.26. The zero-order valence-electron chi connectivity index (χ0n) is 9.12. The van der Waals surface area contributed by atoms with E-state index < -0.39 is 0 Å². The number of hydrogen-bond donors (Lipinski definition) is 1. The van der Waals surface area contributed by atoms with Crippen LogP contribution in [0.1, 0.15) is 19.3 Å². The van der Waals surface area contributed by atoms with Crippen LogP contribution in [0.4, 0.5) is 5.69 Å². The molecule has 1 heterocycles. The van der Waals surface area contributed by atoms with Crippen LogP contribution in [0.25, 0.3) is 0 Å². The molecular formula is C12H16ClNO2. The molecule has 0 aliphatic carbocycles. The number of nitrogens with two attached hydrogens (primary N) is 1. The zero-order chi connectivity index (χ0) is 11.4. The van der Waals surface area contributed by atoms with Gasteiger partial charge in [-0.05, 0) is 25.0 Å². The van der Waals surface area contributed by atoms with Crippen molar-refractivity contribution in [2.45, 2.75) is 25.4 Å². The van der Waals surface area contributed by atoms with Gasteiger partial charge in [-0.25, -0.2) is 0 Å². The van der Waals surface area contributed by atoms with Crippen molar-refractivity contribution >= 4 is 17.3 Å². The number of hydrogen-bond acceptors (Lipinski definition) is 3. The van der Waals surface area contributed by atoms with E-state index in [0.717, 1.165) is 25.9 Å². The fourth-order valence-corrected chi connectivity index (χ4v) is 1.98. The average molecular weight is 242 g/mol. The Kier molecular flexibility index (Phi) is 3.91. The summed E-state index contributed by atoms with van der Waals surface area (Å²) in [5, 5.41) is 0.599. The molecule has 1 fully saturated rings. The van der Waals surface area contributed by atoms with E-state index in [1.165, 1.54) is 0 Å². The SMILES string of the molecule is Nc1ccc(Cl)c(OCCC2CCCO2)c1. The standard InChI is InChI=1S/C12H16ClNO2/c13-11-4-3-9(14)8-12(11)16-7-5-10-2-1-6-15-10/h3-4,8,10H,1-2,5-7,14H2. The number of ether oxygens (including phenoxy) is 2.